The molecule has 0 heterocycles. The lowest BCUT2D eigenvalue weighted by atomic mass is 9.94. The number of nitrogens with zero attached hydrogens (tertiary/aromatic N) is 1. The van der Waals surface area contributed by atoms with E-state index in [9.17, 15) is 9.59 Å². The topological polar surface area (TPSA) is 69.6 Å². The molecule has 0 radical (unpaired) electrons. The Labute approximate surface area is 159 Å². The molecule has 2 rings (SSSR count). The Balaban J connectivity index is 2.18. The van der Waals surface area contributed by atoms with Crippen molar-refractivity contribution in [2.75, 3.05) is 24.3 Å². The molecule has 2 aromatic rings. The molecule has 0 fully saturated rings. The monoisotopic (exact) mass is 364 g/mol. The Morgan fingerprint density at radius 2 is 1.70 bits per heavy atom. The summed E-state index contributed by atoms with van der Waals surface area (Å²) in [5.74, 6) is -1.49. The van der Waals surface area contributed by atoms with Gasteiger partial charge in [-0.05, 0) is 36.2 Å². The Kier molecular flexibility index (Phi) is 7.37. The first-order valence-corrected chi connectivity index (χ1v) is 8.66. The number of allylic oxidation sites excluding steroid dienone is 3. The van der Waals surface area contributed by atoms with Gasteiger partial charge < -0.3 is 15.3 Å². The molecule has 0 aliphatic rings. The molecular formula is C22H24N2O3. The van der Waals surface area contributed by atoms with E-state index in [4.69, 9.17) is 5.11 Å². The first-order valence-electron chi connectivity index (χ1n) is 8.66. The van der Waals surface area contributed by atoms with Crippen LogP contribution >= 0.6 is 0 Å². The number of carbonyl (C=O) groups is 2. The summed E-state index contributed by atoms with van der Waals surface area (Å²) in [7, 11) is 3.93. The van der Waals surface area contributed by atoms with Crippen molar-refractivity contribution in [3.05, 3.63) is 84.5 Å². The Morgan fingerprint density at radius 3 is 2.30 bits per heavy atom. The zero-order valence-corrected chi connectivity index (χ0v) is 15.5. The summed E-state index contributed by atoms with van der Waals surface area (Å²) in [4.78, 5) is 25.4. The minimum absolute atomic E-state index is 0.106. The molecular weight excluding hydrogens is 340 g/mol. The smallest absolute Gasteiger partial charge is 0.328 e. The number of rotatable bonds is 8. The minimum Gasteiger partial charge on any atom is -0.478 e. The quantitative estimate of drug-likeness (QED) is 0.547. The number of carboxylic acids is 1. The van der Waals surface area contributed by atoms with Gasteiger partial charge in [-0.2, -0.15) is 0 Å². The van der Waals surface area contributed by atoms with Gasteiger partial charge in [-0.15, -0.1) is 0 Å². The molecule has 5 heteroatoms. The van der Waals surface area contributed by atoms with E-state index in [1.807, 2.05) is 73.6 Å². The number of hydrogen-bond acceptors (Lipinski definition) is 3. The third-order valence-corrected chi connectivity index (χ3v) is 4.03. The highest BCUT2D eigenvalue weighted by Crippen LogP contribution is 2.25. The maximum absolute atomic E-state index is 12.8. The molecule has 2 aromatic carbocycles. The SMILES string of the molecule is CN(C)c1ccc([C@H](CC=CC=CC(=O)O)C(=O)Nc2ccccc2)cc1. The number of nitrogens with one attached hydrogen (secondary N) is 1. The Hall–Kier alpha value is -3.34. The van der Waals surface area contributed by atoms with Crippen molar-refractivity contribution in [2.24, 2.45) is 0 Å². The largest absolute Gasteiger partial charge is 0.478 e. The van der Waals surface area contributed by atoms with Crippen molar-refractivity contribution in [2.45, 2.75) is 12.3 Å². The fourth-order valence-electron chi connectivity index (χ4n) is 2.58. The summed E-state index contributed by atoms with van der Waals surface area (Å²) in [5.41, 5.74) is 2.70. The predicted octanol–water partition coefficient (Wildman–Crippen LogP) is 4.06. The highest BCUT2D eigenvalue weighted by molar-refractivity contribution is 5.96. The second-order valence-electron chi connectivity index (χ2n) is 6.26. The number of amides is 1. The van der Waals surface area contributed by atoms with Gasteiger partial charge in [0.1, 0.15) is 0 Å². The first-order chi connectivity index (χ1) is 13.0. The maximum Gasteiger partial charge on any atom is 0.328 e. The van der Waals surface area contributed by atoms with E-state index in [2.05, 4.69) is 5.32 Å². The van der Waals surface area contributed by atoms with Crippen LogP contribution in [0.2, 0.25) is 0 Å². The summed E-state index contributed by atoms with van der Waals surface area (Å²) < 4.78 is 0. The summed E-state index contributed by atoms with van der Waals surface area (Å²) in [6, 6.07) is 17.2. The normalized spacial score (nSPS) is 12.2. The fourth-order valence-corrected chi connectivity index (χ4v) is 2.58. The van der Waals surface area contributed by atoms with Crippen LogP contribution in [0.4, 0.5) is 11.4 Å². The molecule has 1 atom stereocenters. The molecule has 1 amide bonds. The molecule has 0 saturated heterocycles. The van der Waals surface area contributed by atoms with E-state index in [1.165, 1.54) is 6.08 Å². The van der Waals surface area contributed by atoms with Crippen LogP contribution in [0.15, 0.2) is 78.9 Å². The molecule has 0 unspecified atom stereocenters. The molecule has 2 N–H and O–H groups in total. The van der Waals surface area contributed by atoms with E-state index in [1.54, 1.807) is 12.2 Å². The minimum atomic E-state index is -1.00. The molecule has 5 nitrogen and oxygen atoms in total. The second kappa shape index (κ2) is 9.97. The molecule has 0 bridgehead atoms. The van der Waals surface area contributed by atoms with Crippen LogP contribution in [0.3, 0.4) is 0 Å². The number of benzene rings is 2. The van der Waals surface area contributed by atoms with E-state index >= 15 is 0 Å². The summed E-state index contributed by atoms with van der Waals surface area (Å²) in [5, 5.41) is 11.6. The Bertz CT molecular complexity index is 809. The zero-order valence-electron chi connectivity index (χ0n) is 15.5. The van der Waals surface area contributed by atoms with Crippen LogP contribution in [-0.2, 0) is 9.59 Å². The molecule has 0 saturated carbocycles. The number of hydrogen-bond donors (Lipinski definition) is 2. The maximum atomic E-state index is 12.8. The molecule has 0 aliphatic carbocycles. The number of aliphatic carboxylic acids is 1. The van der Waals surface area contributed by atoms with Crippen molar-refractivity contribution >= 4 is 23.3 Å². The summed E-state index contributed by atoms with van der Waals surface area (Å²) in [6.45, 7) is 0. The zero-order chi connectivity index (χ0) is 19.6. The van der Waals surface area contributed by atoms with Crippen LogP contribution in [0.1, 0.15) is 17.9 Å². The van der Waals surface area contributed by atoms with Crippen LogP contribution in [-0.4, -0.2) is 31.1 Å². The van der Waals surface area contributed by atoms with Gasteiger partial charge in [0.2, 0.25) is 5.91 Å². The van der Waals surface area contributed by atoms with Gasteiger partial charge in [-0.1, -0.05) is 48.6 Å². The molecule has 0 aliphatic heterocycles. The van der Waals surface area contributed by atoms with Crippen LogP contribution < -0.4 is 10.2 Å². The van der Waals surface area contributed by atoms with E-state index in [0.29, 0.717) is 6.42 Å². The third-order valence-electron chi connectivity index (χ3n) is 4.03. The number of carbonyl (C=O) groups excluding carboxylic acids is 1. The van der Waals surface area contributed by atoms with Crippen LogP contribution in [0.25, 0.3) is 0 Å². The van der Waals surface area contributed by atoms with E-state index in [0.717, 1.165) is 23.0 Å². The Morgan fingerprint density at radius 1 is 1.04 bits per heavy atom. The van der Waals surface area contributed by atoms with Crippen LogP contribution in [0, 0.1) is 0 Å². The van der Waals surface area contributed by atoms with Gasteiger partial charge in [0.25, 0.3) is 0 Å². The second-order valence-corrected chi connectivity index (χ2v) is 6.26. The van der Waals surface area contributed by atoms with Crippen molar-refractivity contribution in [1.29, 1.82) is 0 Å². The summed E-state index contributed by atoms with van der Waals surface area (Å²) >= 11 is 0. The lowest BCUT2D eigenvalue weighted by Gasteiger charge is -2.18. The average molecular weight is 364 g/mol. The number of carboxylic acid groups (broad SMARTS) is 1. The van der Waals surface area contributed by atoms with Crippen molar-refractivity contribution in [3.63, 3.8) is 0 Å². The van der Waals surface area contributed by atoms with Crippen molar-refractivity contribution in [3.8, 4) is 0 Å². The van der Waals surface area contributed by atoms with Crippen molar-refractivity contribution in [1.82, 2.24) is 0 Å². The molecule has 0 aromatic heterocycles. The third kappa shape index (κ3) is 6.47. The molecule has 27 heavy (non-hydrogen) atoms. The van der Waals surface area contributed by atoms with E-state index < -0.39 is 5.97 Å². The van der Waals surface area contributed by atoms with Gasteiger partial charge in [-0.3, -0.25) is 4.79 Å². The predicted molar refractivity (Wildman–Crippen MR) is 109 cm³/mol. The lowest BCUT2D eigenvalue weighted by Crippen LogP contribution is -2.21. The van der Waals surface area contributed by atoms with Gasteiger partial charge in [0.15, 0.2) is 0 Å². The van der Waals surface area contributed by atoms with E-state index in [-0.39, 0.29) is 11.8 Å². The summed E-state index contributed by atoms with van der Waals surface area (Å²) in [6.07, 6.45) is 6.41. The highest BCUT2D eigenvalue weighted by atomic mass is 16.4. The van der Waals surface area contributed by atoms with Crippen LogP contribution in [0.5, 0.6) is 0 Å². The first kappa shape index (κ1) is 20.0. The molecule has 0 spiro atoms. The van der Waals surface area contributed by atoms with Gasteiger partial charge in [0, 0.05) is 31.5 Å². The molecule has 140 valence electrons. The fraction of sp³-hybridized carbons (Fsp3) is 0.182. The lowest BCUT2D eigenvalue weighted by molar-refractivity contribution is -0.131. The number of para-hydroxylation sites is 1. The average Bonchev–Trinajstić information content (AvgIpc) is 2.65. The van der Waals surface area contributed by atoms with Gasteiger partial charge in [-0.25, -0.2) is 4.79 Å². The standard InChI is InChI=1S/C22H24N2O3/c1-24(2)19-15-13-17(14-16-19)20(11-7-4-8-12-21(25)26)22(27)23-18-9-5-3-6-10-18/h3-10,12-16,20H,11H2,1-2H3,(H,23,27)(H,25,26)/t20-/m0/s1. The number of anilines is 2. The highest BCUT2D eigenvalue weighted by Gasteiger charge is 2.19. The van der Waals surface area contributed by atoms with Gasteiger partial charge >= 0.3 is 5.97 Å². The van der Waals surface area contributed by atoms with Crippen molar-refractivity contribution < 1.29 is 14.7 Å². The van der Waals surface area contributed by atoms with Gasteiger partial charge in [0.05, 0.1) is 5.92 Å².